The van der Waals surface area contributed by atoms with Crippen LogP contribution in [0, 0.1) is 6.92 Å². The van der Waals surface area contributed by atoms with Crippen LogP contribution >= 0.6 is 11.6 Å². The number of aromatic nitrogens is 1. The van der Waals surface area contributed by atoms with Gasteiger partial charge < -0.3 is 5.32 Å². The van der Waals surface area contributed by atoms with Gasteiger partial charge in [-0.25, -0.2) is 0 Å². The molecule has 0 aliphatic rings. The van der Waals surface area contributed by atoms with Gasteiger partial charge in [0.25, 0.3) is 0 Å². The summed E-state index contributed by atoms with van der Waals surface area (Å²) in [7, 11) is 0. The second kappa shape index (κ2) is 4.82. The molecule has 1 heterocycles. The molecular weight excluding hydrogens is 188 g/mol. The SMILES string of the molecule is Cc1ncccc1NC(=O)CCCl. The number of nitrogens with zero attached hydrogens (tertiary/aromatic N) is 1. The van der Waals surface area contributed by atoms with E-state index in [-0.39, 0.29) is 5.91 Å². The van der Waals surface area contributed by atoms with Crippen molar-refractivity contribution in [1.29, 1.82) is 0 Å². The number of carbonyl (C=O) groups excluding carboxylic acids is 1. The summed E-state index contributed by atoms with van der Waals surface area (Å²) in [5, 5.41) is 2.73. The number of alkyl halides is 1. The fraction of sp³-hybridized carbons (Fsp3) is 0.333. The zero-order chi connectivity index (χ0) is 9.68. The molecule has 0 saturated carbocycles. The molecule has 13 heavy (non-hydrogen) atoms. The zero-order valence-electron chi connectivity index (χ0n) is 7.38. The summed E-state index contributed by atoms with van der Waals surface area (Å²) in [6.45, 7) is 1.84. The van der Waals surface area contributed by atoms with E-state index in [1.807, 2.05) is 13.0 Å². The molecule has 0 unspecified atom stereocenters. The van der Waals surface area contributed by atoms with E-state index >= 15 is 0 Å². The molecule has 0 radical (unpaired) electrons. The molecule has 4 heteroatoms. The van der Waals surface area contributed by atoms with Crippen LogP contribution in [0.5, 0.6) is 0 Å². The molecule has 1 amide bonds. The van der Waals surface area contributed by atoms with Gasteiger partial charge in [-0.3, -0.25) is 9.78 Å². The highest BCUT2D eigenvalue weighted by atomic mass is 35.5. The van der Waals surface area contributed by atoms with Crippen LogP contribution in [0.15, 0.2) is 18.3 Å². The lowest BCUT2D eigenvalue weighted by atomic mass is 10.3. The molecule has 3 nitrogen and oxygen atoms in total. The first-order chi connectivity index (χ1) is 6.24. The minimum absolute atomic E-state index is 0.0777. The minimum Gasteiger partial charge on any atom is -0.324 e. The normalized spacial score (nSPS) is 9.69. The summed E-state index contributed by atoms with van der Waals surface area (Å²) in [6.07, 6.45) is 2.02. The summed E-state index contributed by atoms with van der Waals surface area (Å²) < 4.78 is 0. The van der Waals surface area contributed by atoms with Crippen molar-refractivity contribution in [2.45, 2.75) is 13.3 Å². The quantitative estimate of drug-likeness (QED) is 0.755. The summed E-state index contributed by atoms with van der Waals surface area (Å²) in [5.74, 6) is 0.261. The number of hydrogen-bond donors (Lipinski definition) is 1. The van der Waals surface area contributed by atoms with E-state index in [0.717, 1.165) is 11.4 Å². The Kier molecular flexibility index (Phi) is 3.71. The smallest absolute Gasteiger partial charge is 0.225 e. The summed E-state index contributed by atoms with van der Waals surface area (Å²) >= 11 is 5.43. The topological polar surface area (TPSA) is 42.0 Å². The third kappa shape index (κ3) is 3.03. The Morgan fingerprint density at radius 2 is 2.46 bits per heavy atom. The molecule has 0 bridgehead atoms. The van der Waals surface area contributed by atoms with E-state index in [2.05, 4.69) is 10.3 Å². The maximum atomic E-state index is 11.1. The van der Waals surface area contributed by atoms with Crippen molar-refractivity contribution < 1.29 is 4.79 Å². The third-order valence-corrected chi connectivity index (χ3v) is 1.79. The zero-order valence-corrected chi connectivity index (χ0v) is 8.14. The van der Waals surface area contributed by atoms with Gasteiger partial charge in [0, 0.05) is 18.5 Å². The van der Waals surface area contributed by atoms with Crippen LogP contribution in [0.3, 0.4) is 0 Å². The second-order valence-electron chi connectivity index (χ2n) is 2.62. The van der Waals surface area contributed by atoms with E-state index in [4.69, 9.17) is 11.6 Å². The number of hydrogen-bond acceptors (Lipinski definition) is 2. The predicted octanol–water partition coefficient (Wildman–Crippen LogP) is 1.96. The molecule has 0 aliphatic heterocycles. The largest absolute Gasteiger partial charge is 0.324 e. The molecule has 1 aromatic rings. The van der Waals surface area contributed by atoms with Crippen LogP contribution in [-0.4, -0.2) is 16.8 Å². The highest BCUT2D eigenvalue weighted by Crippen LogP contribution is 2.10. The van der Waals surface area contributed by atoms with Crippen LogP contribution in [0.4, 0.5) is 5.69 Å². The third-order valence-electron chi connectivity index (χ3n) is 1.60. The Bertz CT molecular complexity index is 301. The number of rotatable bonds is 3. The molecule has 0 aliphatic carbocycles. The number of halogens is 1. The van der Waals surface area contributed by atoms with E-state index < -0.39 is 0 Å². The van der Waals surface area contributed by atoms with Gasteiger partial charge in [-0.15, -0.1) is 11.6 Å². The number of amides is 1. The van der Waals surface area contributed by atoms with Crippen LogP contribution in [0.2, 0.25) is 0 Å². The monoisotopic (exact) mass is 198 g/mol. The average molecular weight is 199 g/mol. The van der Waals surface area contributed by atoms with E-state index in [1.54, 1.807) is 12.3 Å². The first-order valence-corrected chi connectivity index (χ1v) is 4.55. The lowest BCUT2D eigenvalue weighted by molar-refractivity contribution is -0.115. The van der Waals surface area contributed by atoms with Crippen LogP contribution in [0.1, 0.15) is 12.1 Å². The van der Waals surface area contributed by atoms with E-state index in [9.17, 15) is 4.79 Å². The molecule has 0 fully saturated rings. The van der Waals surface area contributed by atoms with Gasteiger partial charge >= 0.3 is 0 Å². The van der Waals surface area contributed by atoms with E-state index in [1.165, 1.54) is 0 Å². The highest BCUT2D eigenvalue weighted by molar-refractivity contribution is 6.19. The lowest BCUT2D eigenvalue weighted by Crippen LogP contribution is -2.12. The highest BCUT2D eigenvalue weighted by Gasteiger charge is 2.02. The molecule has 70 valence electrons. The molecule has 1 N–H and O–H groups in total. The van der Waals surface area contributed by atoms with Crippen molar-refractivity contribution in [3.63, 3.8) is 0 Å². The standard InChI is InChI=1S/C9H11ClN2O/c1-7-8(3-2-6-11-7)12-9(13)4-5-10/h2-3,6H,4-5H2,1H3,(H,12,13). The van der Waals surface area contributed by atoms with Crippen molar-refractivity contribution >= 4 is 23.2 Å². The molecule has 1 aromatic heterocycles. The van der Waals surface area contributed by atoms with Crippen LogP contribution in [0.25, 0.3) is 0 Å². The Labute approximate surface area is 82.1 Å². The van der Waals surface area contributed by atoms with Gasteiger partial charge in [-0.1, -0.05) is 0 Å². The summed E-state index contributed by atoms with van der Waals surface area (Å²) in [5.41, 5.74) is 1.56. The average Bonchev–Trinajstić information content (AvgIpc) is 2.09. The summed E-state index contributed by atoms with van der Waals surface area (Å²) in [4.78, 5) is 15.2. The van der Waals surface area contributed by atoms with Gasteiger partial charge in [-0.2, -0.15) is 0 Å². The Balaban J connectivity index is 2.63. The van der Waals surface area contributed by atoms with Crippen molar-refractivity contribution in [3.05, 3.63) is 24.0 Å². The van der Waals surface area contributed by atoms with Gasteiger partial charge in [-0.05, 0) is 19.1 Å². The van der Waals surface area contributed by atoms with Gasteiger partial charge in [0.1, 0.15) is 0 Å². The second-order valence-corrected chi connectivity index (χ2v) is 3.00. The molecule has 0 spiro atoms. The Hall–Kier alpha value is -1.09. The molecular formula is C9H11ClN2O. The number of pyridine rings is 1. The fourth-order valence-electron chi connectivity index (χ4n) is 0.915. The Morgan fingerprint density at radius 1 is 1.69 bits per heavy atom. The van der Waals surface area contributed by atoms with Crippen molar-refractivity contribution in [2.75, 3.05) is 11.2 Å². The molecule has 0 aromatic carbocycles. The van der Waals surface area contributed by atoms with Gasteiger partial charge in [0.05, 0.1) is 11.4 Å². The first-order valence-electron chi connectivity index (χ1n) is 4.01. The van der Waals surface area contributed by atoms with Crippen molar-refractivity contribution in [1.82, 2.24) is 4.98 Å². The number of nitrogens with one attached hydrogen (secondary N) is 1. The molecule has 1 rings (SSSR count). The molecule has 0 saturated heterocycles. The van der Waals surface area contributed by atoms with Crippen molar-refractivity contribution in [3.8, 4) is 0 Å². The maximum Gasteiger partial charge on any atom is 0.225 e. The number of anilines is 1. The minimum atomic E-state index is -0.0777. The number of aryl methyl sites for hydroxylation is 1. The maximum absolute atomic E-state index is 11.1. The van der Waals surface area contributed by atoms with Crippen LogP contribution < -0.4 is 5.32 Å². The van der Waals surface area contributed by atoms with Crippen LogP contribution in [-0.2, 0) is 4.79 Å². The number of carbonyl (C=O) groups is 1. The van der Waals surface area contributed by atoms with Gasteiger partial charge in [0.15, 0.2) is 0 Å². The predicted molar refractivity (Wildman–Crippen MR) is 52.9 cm³/mol. The molecule has 0 atom stereocenters. The van der Waals surface area contributed by atoms with E-state index in [0.29, 0.717) is 12.3 Å². The van der Waals surface area contributed by atoms with Gasteiger partial charge in [0.2, 0.25) is 5.91 Å². The Morgan fingerprint density at radius 3 is 3.08 bits per heavy atom. The fourth-order valence-corrected chi connectivity index (χ4v) is 1.09. The van der Waals surface area contributed by atoms with Crippen molar-refractivity contribution in [2.24, 2.45) is 0 Å². The summed E-state index contributed by atoms with van der Waals surface area (Å²) in [6, 6.07) is 3.60. The lowest BCUT2D eigenvalue weighted by Gasteiger charge is -2.05. The first kappa shape index (κ1) is 9.99.